The summed E-state index contributed by atoms with van der Waals surface area (Å²) in [5, 5.41) is -0.159. The van der Waals surface area contributed by atoms with E-state index in [0.29, 0.717) is 11.8 Å². The van der Waals surface area contributed by atoms with Crippen molar-refractivity contribution < 1.29 is 38.3 Å². The van der Waals surface area contributed by atoms with Gasteiger partial charge in [0, 0.05) is 0 Å². The van der Waals surface area contributed by atoms with Gasteiger partial charge in [-0.15, -0.1) is 0 Å². The molecule has 1 saturated heterocycles. The number of fused-ring (bicyclic) bond motifs is 2. The van der Waals surface area contributed by atoms with Gasteiger partial charge in [0.25, 0.3) is 0 Å². The van der Waals surface area contributed by atoms with Gasteiger partial charge in [-0.3, -0.25) is 0 Å². The first-order chi connectivity index (χ1) is 8.63. The fourth-order valence-corrected chi connectivity index (χ4v) is 7.55. The molecule has 2 fully saturated rings. The predicted molar refractivity (Wildman–Crippen MR) is 63.2 cm³/mol. The Hall–Kier alpha value is -0.280. The molecular formula is C11H15INO4S-. The molecule has 5 nitrogen and oxygen atoms in total. The van der Waals surface area contributed by atoms with Crippen LogP contribution >= 0.6 is 7.67 Å². The molecule has 2 bridgehead atoms. The Morgan fingerprint density at radius 2 is 2.39 bits per heavy atom. The second kappa shape index (κ2) is 4.68. The van der Waals surface area contributed by atoms with Crippen LogP contribution in [0.15, 0.2) is 12.2 Å². The number of rotatable bonds is 5. The topological polar surface area (TPSA) is 67.9 Å². The van der Waals surface area contributed by atoms with Crippen LogP contribution in [0.4, 0.5) is 4.79 Å². The summed E-state index contributed by atoms with van der Waals surface area (Å²) in [6, 6.07) is 0. The van der Waals surface area contributed by atoms with Gasteiger partial charge in [-0.2, -0.15) is 0 Å². The molecular weight excluding hydrogens is 369 g/mol. The molecule has 0 aromatic carbocycles. The van der Waals surface area contributed by atoms with Gasteiger partial charge in [-0.25, -0.2) is 0 Å². The van der Waals surface area contributed by atoms with Gasteiger partial charge in [0.2, 0.25) is 0 Å². The van der Waals surface area contributed by atoms with Crippen molar-refractivity contribution in [2.24, 2.45) is 11.8 Å². The summed E-state index contributed by atoms with van der Waals surface area (Å²) in [7, 11) is -1.68. The molecule has 4 unspecified atom stereocenters. The molecule has 18 heavy (non-hydrogen) atoms. The van der Waals surface area contributed by atoms with Crippen LogP contribution in [0.3, 0.4) is 0 Å². The molecule has 3 rings (SSSR count). The van der Waals surface area contributed by atoms with Crippen LogP contribution in [0.25, 0.3) is 0 Å². The molecule has 0 aromatic rings. The number of hydrogen-bond acceptors (Lipinski definition) is 5. The fourth-order valence-electron chi connectivity index (χ4n) is 2.54. The van der Waals surface area contributed by atoms with E-state index >= 15 is 0 Å². The van der Waals surface area contributed by atoms with E-state index < -0.39 is 7.67 Å². The first-order valence-electron chi connectivity index (χ1n) is 5.83. The number of carbonyl (C=O) groups excluding carboxylic acids is 2. The Morgan fingerprint density at radius 3 is 2.89 bits per heavy atom. The van der Waals surface area contributed by atoms with Crippen molar-refractivity contribution in [2.75, 3.05) is 11.5 Å². The molecule has 0 aromatic heterocycles. The van der Waals surface area contributed by atoms with E-state index in [1.54, 1.807) is 0 Å². The maximum atomic E-state index is 11.7. The summed E-state index contributed by atoms with van der Waals surface area (Å²) in [6.45, 7) is 0.0895. The van der Waals surface area contributed by atoms with Crippen molar-refractivity contribution in [1.29, 1.82) is 0 Å². The van der Waals surface area contributed by atoms with Crippen LogP contribution in [0.5, 0.6) is 0 Å². The summed E-state index contributed by atoms with van der Waals surface area (Å²) in [6.07, 6.45) is 6.46. The summed E-state index contributed by atoms with van der Waals surface area (Å²) in [4.78, 5) is 24.8. The normalized spacial score (nSPS) is 43.6. The van der Waals surface area contributed by atoms with Crippen LogP contribution in [0.2, 0.25) is 0 Å². The Morgan fingerprint density at radius 1 is 1.61 bits per heavy atom. The van der Waals surface area contributed by atoms with Crippen LogP contribution in [-0.4, -0.2) is 28.8 Å². The number of alkyl halides is 1. The quantitative estimate of drug-likeness (QED) is 0.206. The van der Waals surface area contributed by atoms with E-state index in [1.807, 2.05) is 4.93 Å². The zero-order valence-corrected chi connectivity index (χ0v) is 12.9. The monoisotopic (exact) mass is 384 g/mol. The van der Waals surface area contributed by atoms with Crippen LogP contribution in [-0.2, 0) is 13.7 Å². The number of hydrogen-bond donors (Lipinski definition) is 1. The third-order valence-corrected chi connectivity index (χ3v) is 11.5. The number of ether oxygens (including phenoxy) is 1. The molecule has 102 valence electrons. The minimum absolute atomic E-state index is 0.0346. The van der Waals surface area contributed by atoms with E-state index in [4.69, 9.17) is 8.92 Å². The number of nitrogens with one attached hydrogen (secondary N) is 1. The van der Waals surface area contributed by atoms with Crippen molar-refractivity contribution in [3.05, 3.63) is 12.2 Å². The number of allylic oxidation sites excluding steroid dienone is 1. The fraction of sp³-hybridized carbons (Fsp3) is 0.636. The molecule has 0 amide bonds. The Bertz CT molecular complexity index is 429. The molecule has 2 aliphatic carbocycles. The van der Waals surface area contributed by atoms with Gasteiger partial charge in [-0.05, 0) is 0 Å². The molecule has 0 radical (unpaired) electrons. The molecule has 1 aliphatic heterocycles. The molecule has 0 spiro atoms. The van der Waals surface area contributed by atoms with Crippen molar-refractivity contribution >= 4 is 18.9 Å². The summed E-state index contributed by atoms with van der Waals surface area (Å²) < 4.78 is 13.4. The average molecular weight is 384 g/mol. The van der Waals surface area contributed by atoms with Crippen molar-refractivity contribution in [3.8, 4) is 0 Å². The molecule has 1 N–H and O–H groups in total. The van der Waals surface area contributed by atoms with Gasteiger partial charge < -0.3 is 0 Å². The van der Waals surface area contributed by atoms with E-state index in [2.05, 4.69) is 16.9 Å². The van der Waals surface area contributed by atoms with Crippen molar-refractivity contribution in [1.82, 2.24) is 4.72 Å². The maximum absolute atomic E-state index is 11.7. The van der Waals surface area contributed by atoms with Gasteiger partial charge >= 0.3 is 116 Å². The Balaban J connectivity index is 1.45. The van der Waals surface area contributed by atoms with Crippen molar-refractivity contribution in [3.63, 3.8) is 0 Å². The van der Waals surface area contributed by atoms with Crippen LogP contribution in [0, 0.1) is 11.8 Å². The number of esters is 1. The second-order valence-electron chi connectivity index (χ2n) is 4.60. The van der Waals surface area contributed by atoms with E-state index in [1.165, 1.54) is 0 Å². The zero-order valence-electron chi connectivity index (χ0n) is 9.93. The van der Waals surface area contributed by atoms with Crippen molar-refractivity contribution in [2.45, 2.75) is 18.9 Å². The number of halogens is 1. The summed E-state index contributed by atoms with van der Waals surface area (Å²) in [5.41, 5.74) is 0. The first-order valence-corrected chi connectivity index (χ1v) is 12.1. The standard InChI is InChI=1S/C11H15INO4S/c1-12-18(11(15)17-18)13-6-10(14)16-9-5-7-2-3-8(9)4-7/h2-3,7-9,13H,4-6H2,1H3/q-1. The van der Waals surface area contributed by atoms with Gasteiger partial charge in [0.05, 0.1) is 0 Å². The molecule has 1 saturated carbocycles. The second-order valence-corrected chi connectivity index (χ2v) is 13.0. The predicted octanol–water partition coefficient (Wildman–Crippen LogP) is -1.50. The molecule has 4 atom stereocenters. The van der Waals surface area contributed by atoms with E-state index in [-0.39, 0.29) is 43.7 Å². The van der Waals surface area contributed by atoms with Crippen LogP contribution < -0.4 is 24.5 Å². The molecule has 7 heteroatoms. The Labute approximate surface area is 116 Å². The van der Waals surface area contributed by atoms with Crippen LogP contribution in [0.1, 0.15) is 12.8 Å². The van der Waals surface area contributed by atoms with Gasteiger partial charge in [0.15, 0.2) is 0 Å². The van der Waals surface area contributed by atoms with E-state index in [9.17, 15) is 9.59 Å². The summed E-state index contributed by atoms with van der Waals surface area (Å²) in [5.74, 6) is 0.721. The van der Waals surface area contributed by atoms with Gasteiger partial charge in [0.1, 0.15) is 0 Å². The summed E-state index contributed by atoms with van der Waals surface area (Å²) >= 11 is -0.340. The van der Waals surface area contributed by atoms with Gasteiger partial charge in [-0.1, -0.05) is 0 Å². The third kappa shape index (κ3) is 2.27. The average Bonchev–Trinajstić information content (AvgIpc) is 2.73. The SMILES string of the molecule is C[I-]S1(NCC(=O)OC2CC3C=CC2C3)OC1=O. The third-order valence-electron chi connectivity index (χ3n) is 3.49. The first kappa shape index (κ1) is 12.7. The van der Waals surface area contributed by atoms with E-state index in [0.717, 1.165) is 12.8 Å². The Kier molecular flexibility index (Phi) is 3.31. The minimum atomic E-state index is -1.68. The molecule has 1 heterocycles. The molecule has 3 aliphatic rings. The zero-order chi connectivity index (χ0) is 12.8. The number of carbonyl (C=O) groups is 2.